The molecule has 2 atom stereocenters. The van der Waals surface area contributed by atoms with E-state index >= 15 is 0 Å². The fourth-order valence-corrected chi connectivity index (χ4v) is 2.92. The van der Waals surface area contributed by atoms with Gasteiger partial charge in [-0.2, -0.15) is 23.5 Å². The molecule has 2 N–H and O–H groups in total. The second kappa shape index (κ2) is 11.1. The van der Waals surface area contributed by atoms with Crippen molar-refractivity contribution >= 4 is 23.5 Å². The molecule has 15 heavy (non-hydrogen) atoms. The predicted octanol–water partition coefficient (Wildman–Crippen LogP) is 2.38. The maximum Gasteiger partial charge on any atom is 0.0602 e. The van der Waals surface area contributed by atoms with Crippen LogP contribution in [-0.2, 0) is 0 Å². The molecule has 0 saturated carbocycles. The van der Waals surface area contributed by atoms with Crippen LogP contribution in [0, 0.1) is 0 Å². The lowest BCUT2D eigenvalue weighted by atomic mass is 10.3. The van der Waals surface area contributed by atoms with Gasteiger partial charge in [0.25, 0.3) is 0 Å². The van der Waals surface area contributed by atoms with E-state index in [4.69, 9.17) is 10.2 Å². The summed E-state index contributed by atoms with van der Waals surface area (Å²) in [6.07, 6.45) is 3.41. The van der Waals surface area contributed by atoms with E-state index in [-0.39, 0.29) is 12.2 Å². The van der Waals surface area contributed by atoms with E-state index in [0.717, 1.165) is 23.0 Å². The maximum absolute atomic E-state index is 9.03. The lowest BCUT2D eigenvalue weighted by Crippen LogP contribution is -2.03. The summed E-state index contributed by atoms with van der Waals surface area (Å²) in [6, 6.07) is 0. The van der Waals surface area contributed by atoms with Crippen molar-refractivity contribution in [2.45, 2.75) is 45.3 Å². The molecule has 0 aromatic carbocycles. The van der Waals surface area contributed by atoms with Crippen LogP contribution in [0.15, 0.2) is 0 Å². The molecule has 0 saturated heterocycles. The SMILES string of the molecule is CC(O)CSCCCCCSCC(C)O. The number of aliphatic hydroxyl groups excluding tert-OH is 2. The van der Waals surface area contributed by atoms with E-state index in [2.05, 4.69) is 0 Å². The van der Waals surface area contributed by atoms with Crippen LogP contribution in [0.5, 0.6) is 0 Å². The lowest BCUT2D eigenvalue weighted by Gasteiger charge is -2.05. The first kappa shape index (κ1) is 15.6. The average molecular weight is 252 g/mol. The van der Waals surface area contributed by atoms with Gasteiger partial charge >= 0.3 is 0 Å². The van der Waals surface area contributed by atoms with Crippen LogP contribution in [0.1, 0.15) is 33.1 Å². The summed E-state index contributed by atoms with van der Waals surface area (Å²) in [5, 5.41) is 18.1. The maximum atomic E-state index is 9.03. The zero-order chi connectivity index (χ0) is 11.5. The highest BCUT2D eigenvalue weighted by Gasteiger charge is 1.97. The molecule has 0 aliphatic rings. The Morgan fingerprint density at radius 3 is 1.53 bits per heavy atom. The van der Waals surface area contributed by atoms with Gasteiger partial charge in [0.05, 0.1) is 12.2 Å². The topological polar surface area (TPSA) is 40.5 Å². The molecular weight excluding hydrogens is 228 g/mol. The van der Waals surface area contributed by atoms with Crippen LogP contribution in [0.4, 0.5) is 0 Å². The Hall–Kier alpha value is 0.620. The molecular formula is C11H24O2S2. The summed E-state index contributed by atoms with van der Waals surface area (Å²) in [6.45, 7) is 3.67. The molecule has 0 aromatic heterocycles. The fraction of sp³-hybridized carbons (Fsp3) is 1.00. The zero-order valence-corrected chi connectivity index (χ0v) is 11.4. The van der Waals surface area contributed by atoms with Crippen LogP contribution >= 0.6 is 23.5 Å². The second-order valence-corrected chi connectivity index (χ2v) is 6.21. The average Bonchev–Trinajstić information content (AvgIpc) is 2.14. The zero-order valence-electron chi connectivity index (χ0n) is 9.82. The van der Waals surface area contributed by atoms with Gasteiger partial charge in [-0.3, -0.25) is 0 Å². The largest absolute Gasteiger partial charge is 0.393 e. The molecule has 0 heterocycles. The summed E-state index contributed by atoms with van der Waals surface area (Å²) in [5.41, 5.74) is 0. The Labute approximate surface area is 102 Å². The monoisotopic (exact) mass is 252 g/mol. The molecule has 4 heteroatoms. The summed E-state index contributed by atoms with van der Waals surface area (Å²) in [4.78, 5) is 0. The Balaban J connectivity index is 2.93. The first-order valence-electron chi connectivity index (χ1n) is 5.64. The van der Waals surface area contributed by atoms with Crippen molar-refractivity contribution in [3.8, 4) is 0 Å². The molecule has 2 nitrogen and oxygen atoms in total. The summed E-state index contributed by atoms with van der Waals surface area (Å²) in [5.74, 6) is 4.03. The van der Waals surface area contributed by atoms with E-state index < -0.39 is 0 Å². The van der Waals surface area contributed by atoms with Crippen LogP contribution < -0.4 is 0 Å². The standard InChI is InChI=1S/C11H24O2S2/c1-10(12)8-14-6-4-3-5-7-15-9-11(2)13/h10-13H,3-9H2,1-2H3. The number of hydrogen-bond acceptors (Lipinski definition) is 4. The molecule has 2 unspecified atom stereocenters. The highest BCUT2D eigenvalue weighted by atomic mass is 32.2. The molecule has 0 bridgehead atoms. The summed E-state index contributed by atoms with van der Waals surface area (Å²) >= 11 is 3.67. The minimum atomic E-state index is -0.170. The van der Waals surface area contributed by atoms with Crippen molar-refractivity contribution in [1.82, 2.24) is 0 Å². The van der Waals surface area contributed by atoms with Gasteiger partial charge in [0.2, 0.25) is 0 Å². The molecule has 92 valence electrons. The molecule has 0 spiro atoms. The predicted molar refractivity (Wildman–Crippen MR) is 71.9 cm³/mol. The Kier molecular flexibility index (Phi) is 11.6. The molecule has 0 aliphatic carbocycles. The van der Waals surface area contributed by atoms with Gasteiger partial charge in [0.1, 0.15) is 0 Å². The molecule has 0 fully saturated rings. The van der Waals surface area contributed by atoms with Crippen molar-refractivity contribution in [3.05, 3.63) is 0 Å². The molecule has 0 amide bonds. The number of unbranched alkanes of at least 4 members (excludes halogenated alkanes) is 2. The van der Waals surface area contributed by atoms with E-state index in [1.165, 1.54) is 19.3 Å². The highest BCUT2D eigenvalue weighted by Crippen LogP contribution is 2.11. The quantitative estimate of drug-likeness (QED) is 0.586. The van der Waals surface area contributed by atoms with E-state index in [9.17, 15) is 0 Å². The molecule has 0 aromatic rings. The number of thioether (sulfide) groups is 2. The summed E-state index contributed by atoms with van der Waals surface area (Å²) in [7, 11) is 0. The number of hydrogen-bond donors (Lipinski definition) is 2. The Morgan fingerprint density at radius 2 is 1.20 bits per heavy atom. The Bertz CT molecular complexity index is 116. The molecule has 0 radical (unpaired) electrons. The minimum Gasteiger partial charge on any atom is -0.393 e. The van der Waals surface area contributed by atoms with E-state index in [1.54, 1.807) is 0 Å². The van der Waals surface area contributed by atoms with Crippen molar-refractivity contribution in [3.63, 3.8) is 0 Å². The lowest BCUT2D eigenvalue weighted by molar-refractivity contribution is 0.220. The first-order chi connectivity index (χ1) is 7.13. The number of rotatable bonds is 10. The van der Waals surface area contributed by atoms with Crippen LogP contribution in [0.25, 0.3) is 0 Å². The first-order valence-corrected chi connectivity index (χ1v) is 7.95. The molecule has 0 rings (SSSR count). The van der Waals surface area contributed by atoms with Gasteiger partial charge in [-0.1, -0.05) is 6.42 Å². The number of aliphatic hydroxyl groups is 2. The second-order valence-electron chi connectivity index (χ2n) is 3.91. The Morgan fingerprint density at radius 1 is 0.800 bits per heavy atom. The normalized spacial score (nSPS) is 15.2. The van der Waals surface area contributed by atoms with Gasteiger partial charge in [-0.05, 0) is 38.2 Å². The van der Waals surface area contributed by atoms with Crippen LogP contribution in [0.3, 0.4) is 0 Å². The van der Waals surface area contributed by atoms with Crippen LogP contribution in [-0.4, -0.2) is 45.4 Å². The van der Waals surface area contributed by atoms with Crippen LogP contribution in [0.2, 0.25) is 0 Å². The highest BCUT2D eigenvalue weighted by molar-refractivity contribution is 7.99. The van der Waals surface area contributed by atoms with Gasteiger partial charge in [0.15, 0.2) is 0 Å². The van der Waals surface area contributed by atoms with Crippen molar-refractivity contribution in [1.29, 1.82) is 0 Å². The van der Waals surface area contributed by atoms with Crippen molar-refractivity contribution < 1.29 is 10.2 Å². The van der Waals surface area contributed by atoms with Gasteiger partial charge in [0, 0.05) is 11.5 Å². The van der Waals surface area contributed by atoms with Gasteiger partial charge in [-0.15, -0.1) is 0 Å². The third kappa shape index (κ3) is 14.6. The van der Waals surface area contributed by atoms with E-state index in [0.29, 0.717) is 0 Å². The molecule has 0 aliphatic heterocycles. The van der Waals surface area contributed by atoms with Gasteiger partial charge in [-0.25, -0.2) is 0 Å². The van der Waals surface area contributed by atoms with Crippen molar-refractivity contribution in [2.24, 2.45) is 0 Å². The fourth-order valence-electron chi connectivity index (χ4n) is 1.09. The van der Waals surface area contributed by atoms with Gasteiger partial charge < -0.3 is 10.2 Å². The smallest absolute Gasteiger partial charge is 0.0602 e. The summed E-state index contributed by atoms with van der Waals surface area (Å²) < 4.78 is 0. The van der Waals surface area contributed by atoms with Crippen molar-refractivity contribution in [2.75, 3.05) is 23.0 Å². The minimum absolute atomic E-state index is 0.170. The third-order valence-corrected chi connectivity index (χ3v) is 4.39. The van der Waals surface area contributed by atoms with E-state index in [1.807, 2.05) is 37.4 Å². The third-order valence-electron chi connectivity index (χ3n) is 1.80.